The molecule has 12 heteroatoms. The van der Waals surface area contributed by atoms with Gasteiger partial charge >= 0.3 is 0 Å². The Morgan fingerprint density at radius 2 is 2.00 bits per heavy atom. The van der Waals surface area contributed by atoms with Gasteiger partial charge in [-0.25, -0.2) is 4.68 Å². The third kappa shape index (κ3) is 5.19. The fourth-order valence-electron chi connectivity index (χ4n) is 6.59. The number of amides is 1. The van der Waals surface area contributed by atoms with Crippen molar-refractivity contribution in [2.45, 2.75) is 62.6 Å². The van der Waals surface area contributed by atoms with Gasteiger partial charge in [0, 0.05) is 51.4 Å². The lowest BCUT2D eigenvalue weighted by Gasteiger charge is -2.40. The molecule has 3 fully saturated rings. The highest BCUT2D eigenvalue weighted by Crippen LogP contribution is 2.49. The van der Waals surface area contributed by atoms with E-state index in [1.165, 1.54) is 11.1 Å². The van der Waals surface area contributed by atoms with Gasteiger partial charge in [-0.1, -0.05) is 11.6 Å². The summed E-state index contributed by atoms with van der Waals surface area (Å²) in [6, 6.07) is 9.50. The molecule has 1 amide bonds. The summed E-state index contributed by atoms with van der Waals surface area (Å²) in [5, 5.41) is 15.6. The number of nitrogens with one attached hydrogen (secondary N) is 1. The van der Waals surface area contributed by atoms with Gasteiger partial charge in [0.2, 0.25) is 0 Å². The lowest BCUT2D eigenvalue weighted by molar-refractivity contribution is -0.123. The van der Waals surface area contributed by atoms with Gasteiger partial charge in [0.25, 0.3) is 17.9 Å². The van der Waals surface area contributed by atoms with Gasteiger partial charge in [-0.05, 0) is 68.2 Å². The van der Waals surface area contributed by atoms with Crippen molar-refractivity contribution in [3.8, 4) is 16.9 Å². The summed E-state index contributed by atoms with van der Waals surface area (Å²) in [6.45, 7) is 0.900. The average Bonchev–Trinajstić information content (AvgIpc) is 3.58. The number of ether oxygens (including phenoxy) is 1. The molecule has 8 rings (SSSR count). The van der Waals surface area contributed by atoms with E-state index in [2.05, 4.69) is 15.4 Å². The minimum absolute atomic E-state index is 0.00643. The molecule has 4 aromatic rings. The third-order valence-corrected chi connectivity index (χ3v) is 10.3. The number of hydrogen-bond donors (Lipinski definition) is 2. The predicted octanol–water partition coefficient (Wildman–Crippen LogP) is 4.81. The zero-order chi connectivity index (χ0) is 29.7. The maximum atomic E-state index is 13.4. The van der Waals surface area contributed by atoms with E-state index in [1.54, 1.807) is 23.6 Å². The number of halogens is 1. The number of fused-ring (bicyclic) bond motifs is 2. The van der Waals surface area contributed by atoms with E-state index in [-0.39, 0.29) is 36.1 Å². The molecule has 0 unspecified atom stereocenters. The molecule has 1 saturated heterocycles. The van der Waals surface area contributed by atoms with Crippen LogP contribution in [0.25, 0.3) is 21.3 Å². The normalized spacial score (nSPS) is 20.3. The maximum absolute atomic E-state index is 13.4. The second-order valence-corrected chi connectivity index (χ2v) is 13.2. The van der Waals surface area contributed by atoms with E-state index in [4.69, 9.17) is 26.2 Å². The van der Waals surface area contributed by atoms with Gasteiger partial charge in [-0.2, -0.15) is 5.10 Å². The van der Waals surface area contributed by atoms with Gasteiger partial charge in [-0.3, -0.25) is 19.4 Å². The molecule has 222 valence electrons. The fraction of sp³-hybridized carbons (Fsp3) is 0.387. The van der Waals surface area contributed by atoms with E-state index in [0.29, 0.717) is 23.2 Å². The number of hydrogen-bond acceptors (Lipinski definition) is 8. The first-order chi connectivity index (χ1) is 20.9. The van der Waals surface area contributed by atoms with Crippen LogP contribution in [0.4, 0.5) is 5.69 Å². The SMILES string of the molecule is O=C1COc2cc(Cl)cc(-c3ccnc4cc(Cn5ncc(C6CC6)cc5=O)sc34)c2N1[C@@H]1CNC2(CCC2)C1.O=CO. The molecule has 3 aromatic heterocycles. The Balaban J connectivity index is 0.000000963. The first-order valence-corrected chi connectivity index (χ1v) is 15.6. The highest BCUT2D eigenvalue weighted by molar-refractivity contribution is 7.19. The Morgan fingerprint density at radius 1 is 1.19 bits per heavy atom. The standard InChI is InChI=1S/C30H28ClN5O3S.CH2O2/c31-19-9-23(28-25(10-19)39-16-27(38)36(28)20-12-30(33-14-20)5-1-6-30)22-4-7-32-24-11-21(40-29(22)24)15-35-26(37)8-18(13-34-35)17-2-3-17;2-1-3/h4,7-11,13,17,20,33H,1-3,5-6,12,14-16H2;1H,(H,2,3)/t20-;/m0./s1. The van der Waals surface area contributed by atoms with Crippen LogP contribution in [-0.4, -0.2) is 57.0 Å². The van der Waals surface area contributed by atoms with E-state index in [9.17, 15) is 9.59 Å². The third-order valence-electron chi connectivity index (χ3n) is 8.91. The van der Waals surface area contributed by atoms with Crippen LogP contribution in [0, 0.1) is 0 Å². The lowest BCUT2D eigenvalue weighted by atomic mass is 9.75. The van der Waals surface area contributed by atoms with E-state index in [1.807, 2.05) is 35.4 Å². The fourth-order valence-corrected chi connectivity index (χ4v) is 7.92. The second kappa shape index (κ2) is 11.0. The summed E-state index contributed by atoms with van der Waals surface area (Å²) >= 11 is 8.21. The number of pyridine rings is 1. The van der Waals surface area contributed by atoms with Gasteiger partial charge in [0.05, 0.1) is 34.7 Å². The Labute approximate surface area is 256 Å². The lowest BCUT2D eigenvalue weighted by Crippen LogP contribution is -2.47. The molecule has 2 N–H and O–H groups in total. The van der Waals surface area contributed by atoms with Crippen LogP contribution in [0.3, 0.4) is 0 Å². The predicted molar refractivity (Wildman–Crippen MR) is 164 cm³/mol. The average molecular weight is 620 g/mol. The molecule has 2 saturated carbocycles. The number of carboxylic acid groups (broad SMARTS) is 1. The molecule has 5 heterocycles. The molecule has 1 spiro atoms. The number of anilines is 1. The van der Waals surface area contributed by atoms with E-state index in [0.717, 1.165) is 76.1 Å². The second-order valence-electron chi connectivity index (χ2n) is 11.7. The molecular weight excluding hydrogens is 590 g/mol. The first-order valence-electron chi connectivity index (χ1n) is 14.4. The summed E-state index contributed by atoms with van der Waals surface area (Å²) in [6.07, 6.45) is 10.4. The van der Waals surface area contributed by atoms with Crippen LogP contribution in [0.2, 0.25) is 5.02 Å². The summed E-state index contributed by atoms with van der Waals surface area (Å²) in [5.74, 6) is 1.09. The number of nitrogens with zero attached hydrogens (tertiary/aromatic N) is 4. The van der Waals surface area contributed by atoms with Crippen molar-refractivity contribution in [2.24, 2.45) is 0 Å². The molecule has 43 heavy (non-hydrogen) atoms. The van der Waals surface area contributed by atoms with Crippen molar-refractivity contribution in [2.75, 3.05) is 18.1 Å². The van der Waals surface area contributed by atoms with Crippen LogP contribution in [0.1, 0.15) is 54.9 Å². The van der Waals surface area contributed by atoms with Crippen LogP contribution >= 0.6 is 22.9 Å². The van der Waals surface area contributed by atoms with Crippen LogP contribution in [0.15, 0.2) is 47.5 Å². The van der Waals surface area contributed by atoms with Crippen molar-refractivity contribution in [3.05, 3.63) is 68.5 Å². The largest absolute Gasteiger partial charge is 0.483 e. The first kappa shape index (κ1) is 28.0. The van der Waals surface area contributed by atoms with E-state index >= 15 is 0 Å². The van der Waals surface area contributed by atoms with Gasteiger partial charge < -0.3 is 20.1 Å². The summed E-state index contributed by atoms with van der Waals surface area (Å²) in [7, 11) is 0. The topological polar surface area (TPSA) is 127 Å². The number of carbonyl (C=O) groups excluding carboxylic acids is 1. The molecular formula is C31H30ClN5O5S. The summed E-state index contributed by atoms with van der Waals surface area (Å²) < 4.78 is 8.43. The highest BCUT2D eigenvalue weighted by Gasteiger charge is 2.47. The van der Waals surface area contributed by atoms with Crippen molar-refractivity contribution in [1.29, 1.82) is 0 Å². The Morgan fingerprint density at radius 3 is 2.70 bits per heavy atom. The Bertz CT molecular complexity index is 1800. The number of thiophene rings is 1. The molecule has 2 aliphatic carbocycles. The summed E-state index contributed by atoms with van der Waals surface area (Å²) in [5.41, 5.74) is 4.52. The minimum Gasteiger partial charge on any atom is -0.483 e. The van der Waals surface area contributed by atoms with Crippen LogP contribution in [0.5, 0.6) is 5.75 Å². The molecule has 2 aliphatic heterocycles. The molecule has 1 aromatic carbocycles. The zero-order valence-corrected chi connectivity index (χ0v) is 24.9. The van der Waals surface area contributed by atoms with Crippen molar-refractivity contribution in [3.63, 3.8) is 0 Å². The van der Waals surface area contributed by atoms with Crippen LogP contribution < -0.4 is 20.5 Å². The molecule has 0 radical (unpaired) electrons. The quantitative estimate of drug-likeness (QED) is 0.305. The van der Waals surface area contributed by atoms with Gasteiger partial charge in [0.1, 0.15) is 5.75 Å². The Kier molecular flexibility index (Phi) is 7.19. The number of rotatable bonds is 5. The van der Waals surface area contributed by atoms with E-state index < -0.39 is 0 Å². The minimum atomic E-state index is -0.250. The van der Waals surface area contributed by atoms with Crippen molar-refractivity contribution >= 4 is 51.2 Å². The van der Waals surface area contributed by atoms with Crippen molar-refractivity contribution in [1.82, 2.24) is 20.1 Å². The van der Waals surface area contributed by atoms with Crippen molar-refractivity contribution < 1.29 is 19.4 Å². The molecule has 4 aliphatic rings. The zero-order valence-electron chi connectivity index (χ0n) is 23.3. The van der Waals surface area contributed by atoms with Crippen LogP contribution in [-0.2, 0) is 16.1 Å². The summed E-state index contributed by atoms with van der Waals surface area (Å²) in [4.78, 5) is 42.1. The Hall–Kier alpha value is -3.80. The highest BCUT2D eigenvalue weighted by atomic mass is 35.5. The number of benzene rings is 1. The van der Waals surface area contributed by atoms with Gasteiger partial charge in [0.15, 0.2) is 6.61 Å². The number of carbonyl (C=O) groups is 2. The monoisotopic (exact) mass is 619 g/mol. The maximum Gasteiger partial charge on any atom is 0.290 e. The smallest absolute Gasteiger partial charge is 0.290 e. The number of aromatic nitrogens is 3. The van der Waals surface area contributed by atoms with Gasteiger partial charge in [-0.15, -0.1) is 11.3 Å². The molecule has 10 nitrogen and oxygen atoms in total. The molecule has 0 bridgehead atoms. The molecule has 1 atom stereocenters.